The van der Waals surface area contributed by atoms with Crippen molar-refractivity contribution in [1.29, 1.82) is 0 Å². The van der Waals surface area contributed by atoms with Gasteiger partial charge in [-0.05, 0) is 30.5 Å². The van der Waals surface area contributed by atoms with Crippen molar-refractivity contribution in [2.45, 2.75) is 33.1 Å². The highest BCUT2D eigenvalue weighted by molar-refractivity contribution is 5.78. The van der Waals surface area contributed by atoms with E-state index in [4.69, 9.17) is 9.47 Å². The molecule has 1 atom stereocenters. The van der Waals surface area contributed by atoms with Crippen LogP contribution in [0.3, 0.4) is 0 Å². The van der Waals surface area contributed by atoms with Gasteiger partial charge >= 0.3 is 0 Å². The van der Waals surface area contributed by atoms with Gasteiger partial charge in [0.25, 0.3) is 0 Å². The maximum Gasteiger partial charge on any atom is 0.223 e. The molecule has 1 aromatic carbocycles. The Morgan fingerprint density at radius 3 is 2.55 bits per heavy atom. The van der Waals surface area contributed by atoms with Crippen LogP contribution in [-0.2, 0) is 11.2 Å². The van der Waals surface area contributed by atoms with Gasteiger partial charge in [-0.3, -0.25) is 4.79 Å². The number of ether oxygens (including phenoxy) is 2. The number of unbranched alkanes of at least 4 members (excludes halogenated alkanes) is 1. The lowest BCUT2D eigenvalue weighted by molar-refractivity contribution is -0.124. The van der Waals surface area contributed by atoms with Gasteiger partial charge in [-0.25, -0.2) is 0 Å². The molecule has 1 aromatic rings. The van der Waals surface area contributed by atoms with E-state index < -0.39 is 0 Å². The van der Waals surface area contributed by atoms with Crippen molar-refractivity contribution >= 4 is 5.91 Å². The number of amides is 1. The number of carbonyl (C=O) groups is 1. The Balaban J connectivity index is 2.61. The molecule has 1 unspecified atom stereocenters. The monoisotopic (exact) mass is 279 g/mol. The number of hydrogen-bond donors (Lipinski definition) is 1. The van der Waals surface area contributed by atoms with Gasteiger partial charge < -0.3 is 14.8 Å². The first kappa shape index (κ1) is 16.3. The van der Waals surface area contributed by atoms with E-state index in [0.29, 0.717) is 17.9 Å². The molecule has 0 saturated carbocycles. The first-order chi connectivity index (χ1) is 9.62. The molecule has 0 saturated heterocycles. The van der Waals surface area contributed by atoms with Gasteiger partial charge in [-0.2, -0.15) is 0 Å². The second-order valence-corrected chi connectivity index (χ2v) is 4.94. The third-order valence-corrected chi connectivity index (χ3v) is 3.27. The highest BCUT2D eigenvalue weighted by Gasteiger charge is 2.14. The van der Waals surface area contributed by atoms with Crippen LogP contribution in [0.15, 0.2) is 18.2 Å². The van der Waals surface area contributed by atoms with Gasteiger partial charge in [0.15, 0.2) is 11.5 Å². The predicted molar refractivity (Wildman–Crippen MR) is 80.3 cm³/mol. The van der Waals surface area contributed by atoms with Crippen molar-refractivity contribution in [3.8, 4) is 11.5 Å². The van der Waals surface area contributed by atoms with E-state index in [0.717, 1.165) is 24.9 Å². The minimum atomic E-state index is -0.0510. The Labute approximate surface area is 121 Å². The van der Waals surface area contributed by atoms with Gasteiger partial charge in [-0.15, -0.1) is 0 Å². The van der Waals surface area contributed by atoms with Crippen LogP contribution in [0, 0.1) is 5.92 Å². The SMILES string of the molecule is CCCCNC(=O)C(C)Cc1ccc(OC)c(OC)c1. The molecule has 4 nitrogen and oxygen atoms in total. The lowest BCUT2D eigenvalue weighted by Crippen LogP contribution is -2.31. The third-order valence-electron chi connectivity index (χ3n) is 3.27. The van der Waals surface area contributed by atoms with E-state index in [1.165, 1.54) is 0 Å². The van der Waals surface area contributed by atoms with Crippen LogP contribution in [0.1, 0.15) is 32.3 Å². The molecule has 4 heteroatoms. The Kier molecular flexibility index (Phi) is 6.91. The van der Waals surface area contributed by atoms with Crippen LogP contribution in [0.2, 0.25) is 0 Å². The van der Waals surface area contributed by atoms with Crippen molar-refractivity contribution in [2.75, 3.05) is 20.8 Å². The second kappa shape index (κ2) is 8.46. The molecule has 0 heterocycles. The number of hydrogen-bond acceptors (Lipinski definition) is 3. The Morgan fingerprint density at radius 1 is 1.25 bits per heavy atom. The first-order valence-electron chi connectivity index (χ1n) is 7.11. The fraction of sp³-hybridized carbons (Fsp3) is 0.562. The molecule has 1 rings (SSSR count). The summed E-state index contributed by atoms with van der Waals surface area (Å²) in [4.78, 5) is 11.9. The largest absolute Gasteiger partial charge is 0.493 e. The Morgan fingerprint density at radius 2 is 1.95 bits per heavy atom. The molecule has 0 aliphatic rings. The van der Waals surface area contributed by atoms with Crippen LogP contribution in [0.5, 0.6) is 11.5 Å². The maximum atomic E-state index is 11.9. The summed E-state index contributed by atoms with van der Waals surface area (Å²) >= 11 is 0. The van der Waals surface area contributed by atoms with Crippen LogP contribution >= 0.6 is 0 Å². The van der Waals surface area contributed by atoms with Gasteiger partial charge in [0.1, 0.15) is 0 Å². The molecule has 0 bridgehead atoms. The molecule has 0 radical (unpaired) electrons. The average molecular weight is 279 g/mol. The maximum absolute atomic E-state index is 11.9. The van der Waals surface area contributed by atoms with Crippen molar-refractivity contribution in [3.63, 3.8) is 0 Å². The molecule has 20 heavy (non-hydrogen) atoms. The van der Waals surface area contributed by atoms with Crippen LogP contribution in [0.25, 0.3) is 0 Å². The number of methoxy groups -OCH3 is 2. The van der Waals surface area contributed by atoms with Gasteiger partial charge in [-0.1, -0.05) is 26.3 Å². The lowest BCUT2D eigenvalue weighted by atomic mass is 10.00. The van der Waals surface area contributed by atoms with E-state index in [9.17, 15) is 4.79 Å². The summed E-state index contributed by atoms with van der Waals surface area (Å²) in [5.41, 5.74) is 1.07. The minimum absolute atomic E-state index is 0.0510. The van der Waals surface area contributed by atoms with E-state index in [1.807, 2.05) is 25.1 Å². The van der Waals surface area contributed by atoms with Crippen molar-refractivity contribution in [1.82, 2.24) is 5.32 Å². The van der Waals surface area contributed by atoms with E-state index in [2.05, 4.69) is 12.2 Å². The third kappa shape index (κ3) is 4.76. The van der Waals surface area contributed by atoms with Crippen molar-refractivity contribution in [3.05, 3.63) is 23.8 Å². The smallest absolute Gasteiger partial charge is 0.223 e. The summed E-state index contributed by atoms with van der Waals surface area (Å²) in [5, 5.41) is 2.96. The van der Waals surface area contributed by atoms with Gasteiger partial charge in [0.05, 0.1) is 14.2 Å². The molecule has 0 spiro atoms. The molecule has 0 aromatic heterocycles. The van der Waals surface area contributed by atoms with E-state index >= 15 is 0 Å². The summed E-state index contributed by atoms with van der Waals surface area (Å²) in [5.74, 6) is 1.46. The zero-order valence-corrected chi connectivity index (χ0v) is 12.9. The Hall–Kier alpha value is -1.71. The van der Waals surface area contributed by atoms with Crippen LogP contribution in [0.4, 0.5) is 0 Å². The molecule has 1 N–H and O–H groups in total. The molecular weight excluding hydrogens is 254 g/mol. The van der Waals surface area contributed by atoms with Crippen molar-refractivity contribution < 1.29 is 14.3 Å². The molecule has 0 aliphatic heterocycles. The highest BCUT2D eigenvalue weighted by atomic mass is 16.5. The molecule has 0 fully saturated rings. The quantitative estimate of drug-likeness (QED) is 0.744. The average Bonchev–Trinajstić information content (AvgIpc) is 2.47. The summed E-state index contributed by atoms with van der Waals surface area (Å²) in [7, 11) is 3.23. The summed E-state index contributed by atoms with van der Waals surface area (Å²) in [6, 6.07) is 5.77. The molecular formula is C16H25NO3. The highest BCUT2D eigenvalue weighted by Crippen LogP contribution is 2.28. The minimum Gasteiger partial charge on any atom is -0.493 e. The Bertz CT molecular complexity index is 432. The number of nitrogens with one attached hydrogen (secondary N) is 1. The fourth-order valence-corrected chi connectivity index (χ4v) is 2.02. The van der Waals surface area contributed by atoms with Crippen molar-refractivity contribution in [2.24, 2.45) is 5.92 Å². The van der Waals surface area contributed by atoms with Gasteiger partial charge in [0, 0.05) is 12.5 Å². The van der Waals surface area contributed by atoms with Crippen LogP contribution < -0.4 is 14.8 Å². The second-order valence-electron chi connectivity index (χ2n) is 4.94. The normalized spacial score (nSPS) is 11.8. The number of carbonyl (C=O) groups excluding carboxylic acids is 1. The van der Waals surface area contributed by atoms with E-state index in [-0.39, 0.29) is 11.8 Å². The van der Waals surface area contributed by atoms with Gasteiger partial charge in [0.2, 0.25) is 5.91 Å². The summed E-state index contributed by atoms with van der Waals surface area (Å²) in [6.07, 6.45) is 2.80. The lowest BCUT2D eigenvalue weighted by Gasteiger charge is -2.14. The summed E-state index contributed by atoms with van der Waals surface area (Å²) < 4.78 is 10.5. The first-order valence-corrected chi connectivity index (χ1v) is 7.11. The van der Waals surface area contributed by atoms with E-state index in [1.54, 1.807) is 14.2 Å². The predicted octanol–water partition coefficient (Wildman–Crippen LogP) is 2.80. The standard InChI is InChI=1S/C16H25NO3/c1-5-6-9-17-16(18)12(2)10-13-7-8-14(19-3)15(11-13)20-4/h7-8,11-12H,5-6,9-10H2,1-4H3,(H,17,18). The molecule has 1 amide bonds. The zero-order chi connectivity index (χ0) is 15.0. The fourth-order valence-electron chi connectivity index (χ4n) is 2.02. The summed E-state index contributed by atoms with van der Waals surface area (Å²) in [6.45, 7) is 4.81. The number of rotatable bonds is 8. The molecule has 112 valence electrons. The van der Waals surface area contributed by atoms with Crippen LogP contribution in [-0.4, -0.2) is 26.7 Å². The zero-order valence-electron chi connectivity index (χ0n) is 12.9. The number of benzene rings is 1. The topological polar surface area (TPSA) is 47.6 Å². The molecule has 0 aliphatic carbocycles.